The molecule has 2 rings (SSSR count). The monoisotopic (exact) mass is 234 g/mol. The summed E-state index contributed by atoms with van der Waals surface area (Å²) in [6, 6.07) is 19.0. The molecule has 0 unspecified atom stereocenters. The van der Waals surface area contributed by atoms with Crippen LogP contribution in [0.4, 0.5) is 0 Å². The zero-order chi connectivity index (χ0) is 11.6. The number of hydrogen-bond acceptors (Lipinski definition) is 1. The number of alkyl halides is 1. The third kappa shape index (κ3) is 5.42. The third-order valence-electron chi connectivity index (χ3n) is 1.98. The van der Waals surface area contributed by atoms with Crippen molar-refractivity contribution in [2.45, 2.75) is 6.42 Å². The minimum Gasteiger partial charge on any atom is -0.508 e. The molecule has 1 N–H and O–H groups in total. The molecule has 16 heavy (non-hydrogen) atoms. The lowest BCUT2D eigenvalue weighted by molar-refractivity contribution is 0.475. The van der Waals surface area contributed by atoms with Gasteiger partial charge in [0.15, 0.2) is 0 Å². The number of phenols is 1. The summed E-state index contributed by atoms with van der Waals surface area (Å²) in [4.78, 5) is 0. The number of halogens is 1. The molecule has 0 aliphatic carbocycles. The van der Waals surface area contributed by atoms with Crippen LogP contribution in [0.25, 0.3) is 0 Å². The van der Waals surface area contributed by atoms with Gasteiger partial charge in [-0.25, -0.2) is 0 Å². The fourth-order valence-electron chi connectivity index (χ4n) is 1.18. The van der Waals surface area contributed by atoms with Crippen molar-refractivity contribution in [3.05, 3.63) is 66.2 Å². The first-order valence-corrected chi connectivity index (χ1v) is 5.70. The predicted octanol–water partition coefficient (Wildman–Crippen LogP) is 3.86. The molecule has 0 radical (unpaired) electrons. The SMILES string of the molecule is ClCCc1ccccc1.Oc1ccccc1. The smallest absolute Gasteiger partial charge is 0.115 e. The third-order valence-corrected chi connectivity index (χ3v) is 2.17. The van der Waals surface area contributed by atoms with Gasteiger partial charge < -0.3 is 5.11 Å². The number of aryl methyl sites for hydroxylation is 1. The first-order valence-electron chi connectivity index (χ1n) is 5.17. The first-order chi connectivity index (χ1) is 7.83. The van der Waals surface area contributed by atoms with Gasteiger partial charge in [-0.3, -0.25) is 0 Å². The highest BCUT2D eigenvalue weighted by Crippen LogP contribution is 2.02. The Morgan fingerprint density at radius 3 is 1.69 bits per heavy atom. The van der Waals surface area contributed by atoms with Crippen molar-refractivity contribution in [2.75, 3.05) is 5.88 Å². The van der Waals surface area contributed by atoms with Crippen LogP contribution >= 0.6 is 11.6 Å². The van der Waals surface area contributed by atoms with Crippen molar-refractivity contribution in [1.29, 1.82) is 0 Å². The van der Waals surface area contributed by atoms with Crippen LogP contribution in [0.15, 0.2) is 60.7 Å². The Balaban J connectivity index is 0.000000165. The van der Waals surface area contributed by atoms with Crippen LogP contribution in [0, 0.1) is 0 Å². The number of hydrogen-bond donors (Lipinski definition) is 1. The van der Waals surface area contributed by atoms with Crippen LogP contribution in [-0.2, 0) is 6.42 Å². The second-order valence-corrected chi connectivity index (χ2v) is 3.64. The number of para-hydroxylation sites is 1. The standard InChI is InChI=1S/C8H9Cl.C6H6O/c9-7-6-8-4-2-1-3-5-8;7-6-4-2-1-3-5-6/h1-5H,6-7H2;1-5,7H. The van der Waals surface area contributed by atoms with Gasteiger partial charge in [-0.05, 0) is 24.1 Å². The maximum absolute atomic E-state index is 8.63. The van der Waals surface area contributed by atoms with Gasteiger partial charge in [0.25, 0.3) is 0 Å². The Morgan fingerprint density at radius 1 is 0.812 bits per heavy atom. The minimum absolute atomic E-state index is 0.322. The molecular weight excluding hydrogens is 220 g/mol. The average Bonchev–Trinajstić information content (AvgIpc) is 2.33. The molecule has 1 nitrogen and oxygen atoms in total. The molecule has 0 saturated carbocycles. The van der Waals surface area contributed by atoms with Crippen molar-refractivity contribution in [3.63, 3.8) is 0 Å². The van der Waals surface area contributed by atoms with Crippen LogP contribution in [0.5, 0.6) is 5.75 Å². The lowest BCUT2D eigenvalue weighted by Gasteiger charge is -1.92. The molecule has 0 atom stereocenters. The lowest BCUT2D eigenvalue weighted by atomic mass is 10.2. The molecule has 0 spiro atoms. The van der Waals surface area contributed by atoms with E-state index in [9.17, 15) is 0 Å². The summed E-state index contributed by atoms with van der Waals surface area (Å²) in [5.41, 5.74) is 1.31. The van der Waals surface area contributed by atoms with E-state index in [1.54, 1.807) is 24.3 Å². The van der Waals surface area contributed by atoms with E-state index < -0.39 is 0 Å². The van der Waals surface area contributed by atoms with E-state index >= 15 is 0 Å². The van der Waals surface area contributed by atoms with Crippen LogP contribution in [0.1, 0.15) is 5.56 Å². The highest BCUT2D eigenvalue weighted by molar-refractivity contribution is 6.17. The number of benzene rings is 2. The van der Waals surface area contributed by atoms with Crippen molar-refractivity contribution in [1.82, 2.24) is 0 Å². The normalized spacial score (nSPS) is 9.06. The largest absolute Gasteiger partial charge is 0.508 e. The molecule has 2 aromatic rings. The summed E-state index contributed by atoms with van der Waals surface area (Å²) in [6.07, 6.45) is 0.975. The Labute approximate surface area is 101 Å². The summed E-state index contributed by atoms with van der Waals surface area (Å²) in [6.45, 7) is 0. The summed E-state index contributed by atoms with van der Waals surface area (Å²) in [7, 11) is 0. The van der Waals surface area contributed by atoms with Crippen molar-refractivity contribution >= 4 is 11.6 Å². The zero-order valence-electron chi connectivity index (χ0n) is 9.01. The molecule has 2 heteroatoms. The van der Waals surface area contributed by atoms with Crippen LogP contribution < -0.4 is 0 Å². The summed E-state index contributed by atoms with van der Waals surface area (Å²) < 4.78 is 0. The van der Waals surface area contributed by atoms with Gasteiger partial charge in [0.1, 0.15) is 5.75 Å². The molecule has 0 fully saturated rings. The van der Waals surface area contributed by atoms with Gasteiger partial charge in [-0.1, -0.05) is 48.5 Å². The van der Waals surface area contributed by atoms with Gasteiger partial charge in [0.05, 0.1) is 0 Å². The molecule has 0 saturated heterocycles. The number of phenolic OH excluding ortho intramolecular Hbond substituents is 1. The molecule has 0 heterocycles. The van der Waals surface area contributed by atoms with Crippen molar-refractivity contribution < 1.29 is 5.11 Å². The van der Waals surface area contributed by atoms with Crippen LogP contribution in [0.2, 0.25) is 0 Å². The molecular formula is C14H15ClO. The molecule has 2 aromatic carbocycles. The number of aromatic hydroxyl groups is 1. The second-order valence-electron chi connectivity index (χ2n) is 3.26. The summed E-state index contributed by atoms with van der Waals surface area (Å²) >= 11 is 5.54. The number of rotatable bonds is 2. The highest BCUT2D eigenvalue weighted by Gasteiger charge is 1.85. The lowest BCUT2D eigenvalue weighted by Crippen LogP contribution is -1.82. The maximum atomic E-state index is 8.63. The molecule has 0 aliphatic heterocycles. The second kappa shape index (κ2) is 7.77. The maximum Gasteiger partial charge on any atom is 0.115 e. The van der Waals surface area contributed by atoms with Crippen LogP contribution in [-0.4, -0.2) is 11.0 Å². The predicted molar refractivity (Wildman–Crippen MR) is 69.0 cm³/mol. The molecule has 84 valence electrons. The van der Waals surface area contributed by atoms with Gasteiger partial charge >= 0.3 is 0 Å². The zero-order valence-corrected chi connectivity index (χ0v) is 9.77. The molecule has 0 bridgehead atoms. The topological polar surface area (TPSA) is 20.2 Å². The quantitative estimate of drug-likeness (QED) is 0.783. The fourth-order valence-corrected chi connectivity index (χ4v) is 1.40. The van der Waals surface area contributed by atoms with E-state index in [1.165, 1.54) is 5.56 Å². The van der Waals surface area contributed by atoms with Crippen molar-refractivity contribution in [3.8, 4) is 5.75 Å². The Morgan fingerprint density at radius 2 is 1.31 bits per heavy atom. The van der Waals surface area contributed by atoms with Gasteiger partial charge in [0.2, 0.25) is 0 Å². The Kier molecular flexibility index (Phi) is 6.12. The Bertz CT molecular complexity index is 372. The average molecular weight is 235 g/mol. The minimum atomic E-state index is 0.322. The fraction of sp³-hybridized carbons (Fsp3) is 0.143. The van der Waals surface area contributed by atoms with E-state index in [4.69, 9.17) is 16.7 Å². The van der Waals surface area contributed by atoms with E-state index in [-0.39, 0.29) is 0 Å². The van der Waals surface area contributed by atoms with Gasteiger partial charge in [-0.15, -0.1) is 11.6 Å². The van der Waals surface area contributed by atoms with E-state index in [1.807, 2.05) is 24.3 Å². The molecule has 0 aromatic heterocycles. The first kappa shape index (κ1) is 12.6. The molecule has 0 amide bonds. The van der Waals surface area contributed by atoms with Crippen molar-refractivity contribution in [2.24, 2.45) is 0 Å². The van der Waals surface area contributed by atoms with E-state index in [0.717, 1.165) is 6.42 Å². The van der Waals surface area contributed by atoms with Crippen LogP contribution in [0.3, 0.4) is 0 Å². The highest BCUT2D eigenvalue weighted by atomic mass is 35.5. The van der Waals surface area contributed by atoms with Gasteiger partial charge in [0, 0.05) is 5.88 Å². The van der Waals surface area contributed by atoms with Gasteiger partial charge in [-0.2, -0.15) is 0 Å². The van der Waals surface area contributed by atoms with E-state index in [2.05, 4.69) is 12.1 Å². The Hall–Kier alpha value is -1.47. The summed E-state index contributed by atoms with van der Waals surface area (Å²) in [5.74, 6) is 1.03. The molecule has 0 aliphatic rings. The van der Waals surface area contributed by atoms with E-state index in [0.29, 0.717) is 11.6 Å². The summed E-state index contributed by atoms with van der Waals surface area (Å²) in [5, 5.41) is 8.63.